The van der Waals surface area contributed by atoms with Gasteiger partial charge in [0.05, 0.1) is 6.04 Å². The summed E-state index contributed by atoms with van der Waals surface area (Å²) in [6.07, 6.45) is 10.4. The second kappa shape index (κ2) is 2.74. The molecule has 0 aromatic rings. The van der Waals surface area contributed by atoms with E-state index in [1.165, 1.54) is 11.1 Å². The number of hydrogen-bond acceptors (Lipinski definition) is 1. The van der Waals surface area contributed by atoms with E-state index >= 15 is 0 Å². The van der Waals surface area contributed by atoms with Gasteiger partial charge in [-0.05, 0) is 18.6 Å². The lowest BCUT2D eigenvalue weighted by Crippen LogP contribution is -2.22. The molecule has 2 aliphatic rings. The first-order valence-corrected chi connectivity index (χ1v) is 4.37. The number of nitrogens with zero attached hydrogens (tertiary/aromatic N) is 1. The van der Waals surface area contributed by atoms with Crippen molar-refractivity contribution >= 4 is 6.21 Å². The third-order valence-electron chi connectivity index (χ3n) is 2.69. The molecule has 12 heavy (non-hydrogen) atoms. The largest absolute Gasteiger partial charge is 0.284 e. The Labute approximate surface area is 73.2 Å². The Bertz CT molecular complexity index is 305. The molecule has 0 bridgehead atoms. The topological polar surface area (TPSA) is 12.4 Å². The first kappa shape index (κ1) is 7.53. The fourth-order valence-electron chi connectivity index (χ4n) is 1.68. The molecule has 0 aromatic carbocycles. The van der Waals surface area contributed by atoms with Crippen molar-refractivity contribution in [2.75, 3.05) is 0 Å². The highest BCUT2D eigenvalue weighted by Gasteiger charge is 2.23. The third-order valence-corrected chi connectivity index (χ3v) is 2.69. The number of hydrogen-bond donors (Lipinski definition) is 0. The molecule has 0 amide bonds. The Kier molecular flexibility index (Phi) is 1.72. The number of rotatable bonds is 0. The lowest BCUT2D eigenvalue weighted by atomic mass is 9.84. The van der Waals surface area contributed by atoms with Crippen molar-refractivity contribution in [1.82, 2.24) is 0 Å². The average molecular weight is 159 g/mol. The zero-order valence-corrected chi connectivity index (χ0v) is 7.49. The normalized spacial score (nSPS) is 32.5. The molecule has 0 saturated carbocycles. The number of dihydropyridines is 1. The number of allylic oxidation sites excluding steroid dienone is 3. The van der Waals surface area contributed by atoms with Crippen LogP contribution in [0.5, 0.6) is 0 Å². The molecule has 2 unspecified atom stereocenters. The van der Waals surface area contributed by atoms with Crippen LogP contribution in [0.1, 0.15) is 13.8 Å². The van der Waals surface area contributed by atoms with Gasteiger partial charge in [0.15, 0.2) is 0 Å². The van der Waals surface area contributed by atoms with E-state index in [-0.39, 0.29) is 0 Å². The van der Waals surface area contributed by atoms with E-state index in [1.807, 2.05) is 12.3 Å². The molecule has 0 aromatic heterocycles. The molecule has 1 heterocycles. The molecular formula is C11H13N. The van der Waals surface area contributed by atoms with Crippen LogP contribution in [0.2, 0.25) is 0 Å². The molecular weight excluding hydrogens is 146 g/mol. The zero-order valence-electron chi connectivity index (χ0n) is 7.49. The Hall–Kier alpha value is -1.11. The van der Waals surface area contributed by atoms with Crippen molar-refractivity contribution in [3.63, 3.8) is 0 Å². The van der Waals surface area contributed by atoms with Crippen molar-refractivity contribution < 1.29 is 0 Å². The molecule has 0 spiro atoms. The standard InChI is InChI=1S/C11H13N/c1-8-5-6-10-4-3-7-12-11(10)9(8)2/h3-7,9,11H,1-2H3. The highest BCUT2D eigenvalue weighted by atomic mass is 14.8. The molecule has 1 heteroatoms. The van der Waals surface area contributed by atoms with Crippen molar-refractivity contribution in [3.05, 3.63) is 35.5 Å². The highest BCUT2D eigenvalue weighted by Crippen LogP contribution is 2.29. The molecule has 1 aliphatic carbocycles. The van der Waals surface area contributed by atoms with Gasteiger partial charge >= 0.3 is 0 Å². The van der Waals surface area contributed by atoms with Gasteiger partial charge in [0.25, 0.3) is 0 Å². The van der Waals surface area contributed by atoms with Crippen LogP contribution in [0.25, 0.3) is 0 Å². The van der Waals surface area contributed by atoms with Crippen LogP contribution in [0, 0.1) is 5.92 Å². The molecule has 2 atom stereocenters. The molecule has 1 nitrogen and oxygen atoms in total. The Balaban J connectivity index is 2.39. The van der Waals surface area contributed by atoms with E-state index in [2.05, 4.69) is 37.1 Å². The number of aliphatic imine (C=N–C) groups is 1. The lowest BCUT2D eigenvalue weighted by Gasteiger charge is -2.26. The summed E-state index contributed by atoms with van der Waals surface area (Å²) in [7, 11) is 0. The van der Waals surface area contributed by atoms with Crippen molar-refractivity contribution in [3.8, 4) is 0 Å². The van der Waals surface area contributed by atoms with Crippen molar-refractivity contribution in [2.45, 2.75) is 19.9 Å². The Morgan fingerprint density at radius 3 is 3.00 bits per heavy atom. The second-order valence-corrected chi connectivity index (χ2v) is 3.47. The molecule has 1 aliphatic heterocycles. The van der Waals surface area contributed by atoms with E-state index in [9.17, 15) is 0 Å². The van der Waals surface area contributed by atoms with Gasteiger partial charge in [-0.3, -0.25) is 4.99 Å². The maximum Gasteiger partial charge on any atom is 0.0811 e. The summed E-state index contributed by atoms with van der Waals surface area (Å²) in [5.41, 5.74) is 2.77. The fraction of sp³-hybridized carbons (Fsp3) is 0.364. The minimum Gasteiger partial charge on any atom is -0.284 e. The highest BCUT2D eigenvalue weighted by molar-refractivity contribution is 5.75. The summed E-state index contributed by atoms with van der Waals surface area (Å²) in [4.78, 5) is 4.46. The quantitative estimate of drug-likeness (QED) is 0.515. The van der Waals surface area contributed by atoms with Gasteiger partial charge in [-0.25, -0.2) is 0 Å². The monoisotopic (exact) mass is 159 g/mol. The van der Waals surface area contributed by atoms with E-state index in [4.69, 9.17) is 0 Å². The summed E-state index contributed by atoms with van der Waals surface area (Å²) >= 11 is 0. The molecule has 0 fully saturated rings. The van der Waals surface area contributed by atoms with Gasteiger partial charge in [-0.2, -0.15) is 0 Å². The summed E-state index contributed by atoms with van der Waals surface area (Å²) in [6, 6.07) is 0.375. The summed E-state index contributed by atoms with van der Waals surface area (Å²) in [6.45, 7) is 4.41. The summed E-state index contributed by atoms with van der Waals surface area (Å²) in [5, 5.41) is 0. The molecule has 0 N–H and O–H groups in total. The first-order chi connectivity index (χ1) is 5.79. The minimum atomic E-state index is 0.375. The summed E-state index contributed by atoms with van der Waals surface area (Å²) < 4.78 is 0. The molecule has 2 rings (SSSR count). The fourth-order valence-corrected chi connectivity index (χ4v) is 1.68. The predicted molar refractivity (Wildman–Crippen MR) is 52.4 cm³/mol. The molecule has 0 saturated heterocycles. The van der Waals surface area contributed by atoms with Gasteiger partial charge in [0.1, 0.15) is 0 Å². The van der Waals surface area contributed by atoms with E-state index < -0.39 is 0 Å². The van der Waals surface area contributed by atoms with Crippen LogP contribution >= 0.6 is 0 Å². The third kappa shape index (κ3) is 1.06. The van der Waals surface area contributed by atoms with E-state index in [0.717, 1.165) is 0 Å². The predicted octanol–water partition coefficient (Wildman–Crippen LogP) is 2.52. The SMILES string of the molecule is CC1=CC=C2C=CC=NC2C1C. The Morgan fingerprint density at radius 1 is 1.33 bits per heavy atom. The van der Waals surface area contributed by atoms with Crippen LogP contribution in [-0.4, -0.2) is 12.3 Å². The van der Waals surface area contributed by atoms with Gasteiger partial charge < -0.3 is 0 Å². The summed E-state index contributed by atoms with van der Waals surface area (Å²) in [5.74, 6) is 0.561. The van der Waals surface area contributed by atoms with Crippen LogP contribution in [0.4, 0.5) is 0 Å². The van der Waals surface area contributed by atoms with Crippen molar-refractivity contribution in [1.29, 1.82) is 0 Å². The maximum atomic E-state index is 4.46. The lowest BCUT2D eigenvalue weighted by molar-refractivity contribution is 0.576. The zero-order chi connectivity index (χ0) is 8.55. The van der Waals surface area contributed by atoms with Gasteiger partial charge in [0, 0.05) is 12.1 Å². The average Bonchev–Trinajstić information content (AvgIpc) is 2.12. The van der Waals surface area contributed by atoms with Gasteiger partial charge in [0.2, 0.25) is 0 Å². The van der Waals surface area contributed by atoms with E-state index in [1.54, 1.807) is 0 Å². The van der Waals surface area contributed by atoms with Gasteiger partial charge in [-0.1, -0.05) is 30.7 Å². The van der Waals surface area contributed by atoms with Crippen LogP contribution < -0.4 is 0 Å². The minimum absolute atomic E-state index is 0.375. The smallest absolute Gasteiger partial charge is 0.0811 e. The van der Waals surface area contributed by atoms with Crippen molar-refractivity contribution in [2.24, 2.45) is 10.9 Å². The number of fused-ring (bicyclic) bond motifs is 1. The maximum absolute atomic E-state index is 4.46. The first-order valence-electron chi connectivity index (χ1n) is 4.37. The molecule has 0 radical (unpaired) electrons. The van der Waals surface area contributed by atoms with Crippen LogP contribution in [0.3, 0.4) is 0 Å². The second-order valence-electron chi connectivity index (χ2n) is 3.47. The van der Waals surface area contributed by atoms with Gasteiger partial charge in [-0.15, -0.1) is 0 Å². The van der Waals surface area contributed by atoms with Crippen LogP contribution in [-0.2, 0) is 0 Å². The molecule has 62 valence electrons. The Morgan fingerprint density at radius 2 is 2.17 bits per heavy atom. The van der Waals surface area contributed by atoms with E-state index in [0.29, 0.717) is 12.0 Å². The van der Waals surface area contributed by atoms with Crippen LogP contribution in [0.15, 0.2) is 40.4 Å².